The molecule has 3 aliphatic rings. The van der Waals surface area contributed by atoms with E-state index in [1.54, 1.807) is 6.07 Å². The number of carbonyl (C=O) groups is 1. The lowest BCUT2D eigenvalue weighted by Crippen LogP contribution is -2.42. The van der Waals surface area contributed by atoms with E-state index in [0.717, 1.165) is 64.5 Å². The third-order valence-electron chi connectivity index (χ3n) is 8.51. The first-order valence-corrected chi connectivity index (χ1v) is 13.7. The van der Waals surface area contributed by atoms with Gasteiger partial charge in [-0.25, -0.2) is 4.79 Å². The second kappa shape index (κ2) is 10.4. The lowest BCUT2D eigenvalue weighted by Gasteiger charge is -2.32. The number of ether oxygens (including phenoxy) is 1. The number of aromatic carboxylic acids is 1. The lowest BCUT2D eigenvalue weighted by atomic mass is 9.81. The largest absolute Gasteiger partial charge is 0.478 e. The normalized spacial score (nSPS) is 20.0. The fraction of sp³-hybridized carbons (Fsp3) is 0.500. The first-order valence-electron chi connectivity index (χ1n) is 13.7. The van der Waals surface area contributed by atoms with E-state index in [0.29, 0.717) is 11.5 Å². The zero-order chi connectivity index (χ0) is 24.5. The smallest absolute Gasteiger partial charge is 0.335 e. The standard InChI is InChI=1S/C30H37N3O3/c34-30(35)23-10-11-26-27(20-23)33-15-14-32(13-12-31-16-18-36-19-17-31)21-24-8-4-5-9-25(24)29(33)28(26)22-6-2-1-3-7-22/h4-5,8-11,20,22H,1-3,6-7,12-19,21H2,(H,34,35). The molecule has 0 atom stereocenters. The summed E-state index contributed by atoms with van der Waals surface area (Å²) >= 11 is 0. The molecule has 3 aromatic rings. The van der Waals surface area contributed by atoms with Crippen molar-refractivity contribution in [2.45, 2.75) is 51.1 Å². The van der Waals surface area contributed by atoms with Gasteiger partial charge in [0.15, 0.2) is 0 Å². The Morgan fingerprint density at radius 2 is 1.69 bits per heavy atom. The van der Waals surface area contributed by atoms with Crippen molar-refractivity contribution in [3.63, 3.8) is 0 Å². The van der Waals surface area contributed by atoms with Crippen LogP contribution < -0.4 is 0 Å². The van der Waals surface area contributed by atoms with Gasteiger partial charge in [0.05, 0.1) is 24.5 Å². The van der Waals surface area contributed by atoms with Crippen molar-refractivity contribution >= 4 is 16.9 Å². The molecule has 0 radical (unpaired) electrons. The van der Waals surface area contributed by atoms with Crippen LogP contribution in [0.2, 0.25) is 0 Å². The van der Waals surface area contributed by atoms with Gasteiger partial charge in [-0.15, -0.1) is 0 Å². The van der Waals surface area contributed by atoms with Gasteiger partial charge in [-0.05, 0) is 42.0 Å². The lowest BCUT2D eigenvalue weighted by molar-refractivity contribution is 0.0327. The van der Waals surface area contributed by atoms with Gasteiger partial charge in [-0.2, -0.15) is 0 Å². The quantitative estimate of drug-likeness (QED) is 0.536. The van der Waals surface area contributed by atoms with Crippen LogP contribution in [0, 0.1) is 0 Å². The van der Waals surface area contributed by atoms with Crippen LogP contribution in [0.25, 0.3) is 22.2 Å². The molecule has 0 amide bonds. The third-order valence-corrected chi connectivity index (χ3v) is 8.51. The van der Waals surface area contributed by atoms with Crippen molar-refractivity contribution in [2.75, 3.05) is 45.9 Å². The summed E-state index contributed by atoms with van der Waals surface area (Å²) in [6.07, 6.45) is 6.32. The Labute approximate surface area is 213 Å². The minimum Gasteiger partial charge on any atom is -0.478 e. The maximum atomic E-state index is 11.9. The summed E-state index contributed by atoms with van der Waals surface area (Å²) in [4.78, 5) is 17.0. The molecule has 6 rings (SSSR count). The number of carboxylic acid groups (broad SMARTS) is 1. The molecule has 6 heteroatoms. The Bertz CT molecular complexity index is 1240. The highest BCUT2D eigenvalue weighted by atomic mass is 16.5. The SMILES string of the molecule is O=C(O)c1ccc2c(C3CCCCC3)c3n(c2c1)CCN(CCN1CCOCC1)Cc1ccccc1-3. The minimum absolute atomic E-state index is 0.373. The molecule has 2 aromatic carbocycles. The van der Waals surface area contributed by atoms with E-state index >= 15 is 0 Å². The maximum Gasteiger partial charge on any atom is 0.335 e. The van der Waals surface area contributed by atoms with Gasteiger partial charge in [0.2, 0.25) is 0 Å². The summed E-state index contributed by atoms with van der Waals surface area (Å²) in [6.45, 7) is 8.55. The number of fused-ring (bicyclic) bond motifs is 5. The van der Waals surface area contributed by atoms with Gasteiger partial charge >= 0.3 is 5.97 Å². The van der Waals surface area contributed by atoms with Crippen LogP contribution >= 0.6 is 0 Å². The summed E-state index contributed by atoms with van der Waals surface area (Å²) in [5, 5.41) is 11.0. The van der Waals surface area contributed by atoms with Crippen LogP contribution in [0.15, 0.2) is 42.5 Å². The van der Waals surface area contributed by atoms with Crippen LogP contribution in [0.3, 0.4) is 0 Å². The molecule has 0 spiro atoms. The maximum absolute atomic E-state index is 11.9. The van der Waals surface area contributed by atoms with Crippen LogP contribution in [-0.4, -0.2) is 71.4 Å². The summed E-state index contributed by atoms with van der Waals surface area (Å²) in [7, 11) is 0. The predicted octanol–water partition coefficient (Wildman–Crippen LogP) is 5.20. The van der Waals surface area contributed by atoms with Gasteiger partial charge < -0.3 is 14.4 Å². The van der Waals surface area contributed by atoms with E-state index in [1.807, 2.05) is 6.07 Å². The molecule has 190 valence electrons. The number of benzene rings is 2. The average molecular weight is 488 g/mol. The molecule has 2 fully saturated rings. The highest BCUT2D eigenvalue weighted by molar-refractivity contribution is 5.98. The van der Waals surface area contributed by atoms with Crippen molar-refractivity contribution in [3.05, 3.63) is 59.2 Å². The topological polar surface area (TPSA) is 57.9 Å². The van der Waals surface area contributed by atoms with E-state index in [-0.39, 0.29) is 0 Å². The monoisotopic (exact) mass is 487 g/mol. The van der Waals surface area contributed by atoms with Crippen molar-refractivity contribution < 1.29 is 14.6 Å². The van der Waals surface area contributed by atoms with E-state index in [1.165, 1.54) is 59.9 Å². The number of rotatable bonds is 5. The van der Waals surface area contributed by atoms with Crippen LogP contribution in [0.4, 0.5) is 0 Å². The Morgan fingerprint density at radius 3 is 2.50 bits per heavy atom. The van der Waals surface area contributed by atoms with E-state index < -0.39 is 5.97 Å². The molecule has 3 heterocycles. The molecule has 6 nitrogen and oxygen atoms in total. The molecular formula is C30H37N3O3. The minimum atomic E-state index is -0.856. The van der Waals surface area contributed by atoms with E-state index in [2.05, 4.69) is 44.7 Å². The third kappa shape index (κ3) is 4.58. The number of hydrogen-bond acceptors (Lipinski definition) is 4. The molecule has 1 saturated carbocycles. The summed E-state index contributed by atoms with van der Waals surface area (Å²) < 4.78 is 7.98. The fourth-order valence-corrected chi connectivity index (χ4v) is 6.59. The molecule has 1 N–H and O–H groups in total. The predicted molar refractivity (Wildman–Crippen MR) is 143 cm³/mol. The van der Waals surface area contributed by atoms with Crippen LogP contribution in [-0.2, 0) is 17.8 Å². The fourth-order valence-electron chi connectivity index (χ4n) is 6.59. The Balaban J connectivity index is 1.44. The average Bonchev–Trinajstić information content (AvgIpc) is 3.23. The van der Waals surface area contributed by atoms with Gasteiger partial charge in [0, 0.05) is 62.3 Å². The number of nitrogens with zero attached hydrogens (tertiary/aromatic N) is 3. The summed E-state index contributed by atoms with van der Waals surface area (Å²) in [6, 6.07) is 14.7. The molecule has 0 bridgehead atoms. The molecule has 0 unspecified atom stereocenters. The van der Waals surface area contributed by atoms with Gasteiger partial charge in [0.25, 0.3) is 0 Å². The van der Waals surface area contributed by atoms with Gasteiger partial charge in [-0.3, -0.25) is 9.80 Å². The molecule has 1 saturated heterocycles. The Hall–Kier alpha value is -2.67. The van der Waals surface area contributed by atoms with E-state index in [4.69, 9.17) is 4.74 Å². The van der Waals surface area contributed by atoms with Crippen molar-refractivity contribution in [1.29, 1.82) is 0 Å². The molecule has 36 heavy (non-hydrogen) atoms. The van der Waals surface area contributed by atoms with Crippen molar-refractivity contribution in [2.24, 2.45) is 0 Å². The number of hydrogen-bond donors (Lipinski definition) is 1. The number of morpholine rings is 1. The molecule has 1 aromatic heterocycles. The molecular weight excluding hydrogens is 450 g/mol. The molecule has 2 aliphatic heterocycles. The van der Waals surface area contributed by atoms with Gasteiger partial charge in [-0.1, -0.05) is 49.6 Å². The van der Waals surface area contributed by atoms with Crippen LogP contribution in [0.5, 0.6) is 0 Å². The first kappa shape index (κ1) is 23.7. The number of aromatic nitrogens is 1. The molecule has 1 aliphatic carbocycles. The highest BCUT2D eigenvalue weighted by Gasteiger charge is 2.29. The highest BCUT2D eigenvalue weighted by Crippen LogP contribution is 2.45. The zero-order valence-electron chi connectivity index (χ0n) is 21.1. The van der Waals surface area contributed by atoms with Crippen molar-refractivity contribution in [1.82, 2.24) is 14.4 Å². The Morgan fingerprint density at radius 1 is 0.917 bits per heavy atom. The zero-order valence-corrected chi connectivity index (χ0v) is 21.1. The van der Waals surface area contributed by atoms with Crippen LogP contribution in [0.1, 0.15) is 59.5 Å². The summed E-state index contributed by atoms with van der Waals surface area (Å²) in [5.41, 5.74) is 6.94. The van der Waals surface area contributed by atoms with Gasteiger partial charge in [0.1, 0.15) is 0 Å². The second-order valence-electron chi connectivity index (χ2n) is 10.7. The second-order valence-corrected chi connectivity index (χ2v) is 10.7. The van der Waals surface area contributed by atoms with E-state index in [9.17, 15) is 9.90 Å². The first-order chi connectivity index (χ1) is 17.7. The van der Waals surface area contributed by atoms with Crippen molar-refractivity contribution in [3.8, 4) is 11.3 Å². The summed E-state index contributed by atoms with van der Waals surface area (Å²) in [5.74, 6) is -0.317. The number of carboxylic acids is 1. The Kier molecular flexibility index (Phi) is 6.83.